The lowest BCUT2D eigenvalue weighted by Crippen LogP contribution is -2.32. The first-order valence-corrected chi connectivity index (χ1v) is 5.44. The van der Waals surface area contributed by atoms with E-state index in [0.29, 0.717) is 6.10 Å². The molecule has 0 bridgehead atoms. The molecule has 1 fully saturated rings. The molecule has 1 rings (SSSR count). The van der Waals surface area contributed by atoms with Crippen LogP contribution < -0.4 is 5.32 Å². The predicted octanol–water partition coefficient (Wildman–Crippen LogP) is 1.54. The zero-order valence-corrected chi connectivity index (χ0v) is 8.40. The van der Waals surface area contributed by atoms with E-state index < -0.39 is 0 Å². The first-order valence-electron chi connectivity index (χ1n) is 4.32. The molecule has 0 atom stereocenters. The minimum Gasteiger partial charge on any atom is -0.378 e. The minimum absolute atomic E-state index is 0.523. The summed E-state index contributed by atoms with van der Waals surface area (Å²) in [6.45, 7) is 3.16. The molecule has 0 aromatic rings. The van der Waals surface area contributed by atoms with Gasteiger partial charge >= 0.3 is 0 Å². The standard InChI is InChI=1S/C8H16BrNO/c9-4-1-7-11-8-2-5-10-6-3-8/h8,10H,1-7H2. The van der Waals surface area contributed by atoms with Gasteiger partial charge in [-0.05, 0) is 32.4 Å². The SMILES string of the molecule is BrCCCOC1CCNCC1. The maximum Gasteiger partial charge on any atom is 0.0599 e. The third-order valence-corrected chi connectivity index (χ3v) is 2.48. The van der Waals surface area contributed by atoms with Crippen LogP contribution in [0.25, 0.3) is 0 Å². The van der Waals surface area contributed by atoms with Crippen LogP contribution in [0.5, 0.6) is 0 Å². The summed E-state index contributed by atoms with van der Waals surface area (Å²) in [6, 6.07) is 0. The molecule has 1 N–H and O–H groups in total. The molecule has 0 unspecified atom stereocenters. The maximum atomic E-state index is 5.65. The van der Waals surface area contributed by atoms with E-state index >= 15 is 0 Å². The minimum atomic E-state index is 0.523. The fraction of sp³-hybridized carbons (Fsp3) is 1.00. The van der Waals surface area contributed by atoms with Crippen LogP contribution in [-0.2, 0) is 4.74 Å². The Labute approximate surface area is 76.8 Å². The summed E-state index contributed by atoms with van der Waals surface area (Å²) >= 11 is 3.38. The fourth-order valence-electron chi connectivity index (χ4n) is 1.27. The Morgan fingerprint density at radius 3 is 2.73 bits per heavy atom. The van der Waals surface area contributed by atoms with Gasteiger partial charge in [-0.25, -0.2) is 0 Å². The Kier molecular flexibility index (Phi) is 5.15. The number of hydrogen-bond donors (Lipinski definition) is 1. The molecule has 0 saturated carbocycles. The molecule has 0 amide bonds. The number of piperidine rings is 1. The van der Waals surface area contributed by atoms with E-state index in [1.165, 1.54) is 12.8 Å². The average Bonchev–Trinajstić information content (AvgIpc) is 2.07. The molecule has 1 aliphatic rings. The van der Waals surface area contributed by atoms with Crippen LogP contribution in [0.4, 0.5) is 0 Å². The van der Waals surface area contributed by atoms with Gasteiger partial charge in [-0.3, -0.25) is 0 Å². The number of nitrogens with one attached hydrogen (secondary N) is 1. The molecule has 1 aliphatic heterocycles. The smallest absolute Gasteiger partial charge is 0.0599 e. The van der Waals surface area contributed by atoms with Crippen LogP contribution in [0.1, 0.15) is 19.3 Å². The third kappa shape index (κ3) is 4.09. The highest BCUT2D eigenvalue weighted by Gasteiger charge is 2.11. The second-order valence-corrected chi connectivity index (χ2v) is 3.66. The van der Waals surface area contributed by atoms with Crippen molar-refractivity contribution in [3.8, 4) is 0 Å². The summed E-state index contributed by atoms with van der Waals surface area (Å²) in [6.07, 6.45) is 4.02. The van der Waals surface area contributed by atoms with Gasteiger partial charge in [0.1, 0.15) is 0 Å². The van der Waals surface area contributed by atoms with E-state index in [4.69, 9.17) is 4.74 Å². The zero-order valence-electron chi connectivity index (χ0n) is 6.81. The van der Waals surface area contributed by atoms with Crippen LogP contribution >= 0.6 is 15.9 Å². The highest BCUT2D eigenvalue weighted by atomic mass is 79.9. The second kappa shape index (κ2) is 5.98. The van der Waals surface area contributed by atoms with Gasteiger partial charge in [0.05, 0.1) is 6.10 Å². The summed E-state index contributed by atoms with van der Waals surface area (Å²) < 4.78 is 5.65. The van der Waals surface area contributed by atoms with Crippen molar-refractivity contribution >= 4 is 15.9 Å². The molecule has 0 aromatic carbocycles. The molecule has 1 saturated heterocycles. The Balaban J connectivity index is 1.96. The molecular weight excluding hydrogens is 206 g/mol. The molecule has 0 spiro atoms. The first kappa shape index (κ1) is 9.49. The van der Waals surface area contributed by atoms with Crippen molar-refractivity contribution in [3.05, 3.63) is 0 Å². The molecule has 0 aliphatic carbocycles. The Morgan fingerprint density at radius 2 is 2.09 bits per heavy atom. The van der Waals surface area contributed by atoms with Crippen molar-refractivity contribution in [1.82, 2.24) is 5.32 Å². The maximum absolute atomic E-state index is 5.65. The Morgan fingerprint density at radius 1 is 1.36 bits per heavy atom. The highest BCUT2D eigenvalue weighted by molar-refractivity contribution is 9.09. The molecule has 2 nitrogen and oxygen atoms in total. The van der Waals surface area contributed by atoms with Crippen molar-refractivity contribution in [2.75, 3.05) is 25.0 Å². The molecule has 66 valence electrons. The lowest BCUT2D eigenvalue weighted by Gasteiger charge is -2.22. The van der Waals surface area contributed by atoms with Gasteiger partial charge in [0, 0.05) is 11.9 Å². The van der Waals surface area contributed by atoms with Crippen LogP contribution in [0, 0.1) is 0 Å². The first-order chi connectivity index (χ1) is 5.43. The van der Waals surface area contributed by atoms with E-state index in [2.05, 4.69) is 21.2 Å². The third-order valence-electron chi connectivity index (χ3n) is 1.92. The highest BCUT2D eigenvalue weighted by Crippen LogP contribution is 2.07. The number of ether oxygens (including phenoxy) is 1. The molecule has 0 radical (unpaired) electrons. The summed E-state index contributed by atoms with van der Waals surface area (Å²) in [5, 5.41) is 4.37. The summed E-state index contributed by atoms with van der Waals surface area (Å²) in [7, 11) is 0. The van der Waals surface area contributed by atoms with E-state index in [1.54, 1.807) is 0 Å². The van der Waals surface area contributed by atoms with Crippen molar-refractivity contribution in [2.24, 2.45) is 0 Å². The predicted molar refractivity (Wildman–Crippen MR) is 50.3 cm³/mol. The molecule has 0 aromatic heterocycles. The number of rotatable bonds is 4. The average molecular weight is 222 g/mol. The van der Waals surface area contributed by atoms with Crippen LogP contribution in [-0.4, -0.2) is 31.1 Å². The van der Waals surface area contributed by atoms with E-state index in [-0.39, 0.29) is 0 Å². The lowest BCUT2D eigenvalue weighted by atomic mass is 10.1. The number of halogens is 1. The molecule has 3 heteroatoms. The quantitative estimate of drug-likeness (QED) is 0.575. The molecule has 1 heterocycles. The van der Waals surface area contributed by atoms with E-state index in [9.17, 15) is 0 Å². The van der Waals surface area contributed by atoms with Crippen LogP contribution in [0.15, 0.2) is 0 Å². The molecule has 11 heavy (non-hydrogen) atoms. The molecular formula is C8H16BrNO. The van der Waals surface area contributed by atoms with Gasteiger partial charge in [0.25, 0.3) is 0 Å². The van der Waals surface area contributed by atoms with Crippen LogP contribution in [0.3, 0.4) is 0 Å². The largest absolute Gasteiger partial charge is 0.378 e. The van der Waals surface area contributed by atoms with Crippen molar-refractivity contribution < 1.29 is 4.74 Å². The van der Waals surface area contributed by atoms with E-state index in [0.717, 1.165) is 31.4 Å². The summed E-state index contributed by atoms with van der Waals surface area (Å²) in [5.41, 5.74) is 0. The summed E-state index contributed by atoms with van der Waals surface area (Å²) in [4.78, 5) is 0. The Hall–Kier alpha value is 0.400. The Bertz CT molecular complexity index is 94.1. The van der Waals surface area contributed by atoms with Gasteiger partial charge in [-0.2, -0.15) is 0 Å². The van der Waals surface area contributed by atoms with Crippen molar-refractivity contribution in [3.63, 3.8) is 0 Å². The van der Waals surface area contributed by atoms with Crippen molar-refractivity contribution in [1.29, 1.82) is 0 Å². The number of hydrogen-bond acceptors (Lipinski definition) is 2. The zero-order chi connectivity index (χ0) is 7.94. The second-order valence-electron chi connectivity index (χ2n) is 2.86. The van der Waals surface area contributed by atoms with Gasteiger partial charge in [0.15, 0.2) is 0 Å². The van der Waals surface area contributed by atoms with Gasteiger partial charge in [-0.1, -0.05) is 15.9 Å². The fourth-order valence-corrected chi connectivity index (χ4v) is 1.50. The summed E-state index contributed by atoms with van der Waals surface area (Å²) in [5.74, 6) is 0. The van der Waals surface area contributed by atoms with Gasteiger partial charge < -0.3 is 10.1 Å². The topological polar surface area (TPSA) is 21.3 Å². The van der Waals surface area contributed by atoms with E-state index in [1.807, 2.05) is 0 Å². The van der Waals surface area contributed by atoms with Crippen molar-refractivity contribution in [2.45, 2.75) is 25.4 Å². The van der Waals surface area contributed by atoms with Crippen LogP contribution in [0.2, 0.25) is 0 Å². The lowest BCUT2D eigenvalue weighted by molar-refractivity contribution is 0.0339. The monoisotopic (exact) mass is 221 g/mol. The number of alkyl halides is 1. The normalized spacial score (nSPS) is 20.5. The van der Waals surface area contributed by atoms with Gasteiger partial charge in [-0.15, -0.1) is 0 Å². The van der Waals surface area contributed by atoms with Gasteiger partial charge in [0.2, 0.25) is 0 Å².